The predicted molar refractivity (Wildman–Crippen MR) is 55.3 cm³/mol. The molecule has 1 unspecified atom stereocenters. The molecule has 0 amide bonds. The molecule has 0 aliphatic rings. The first-order valence-corrected chi connectivity index (χ1v) is 5.36. The van der Waals surface area contributed by atoms with Gasteiger partial charge < -0.3 is 10.5 Å². The van der Waals surface area contributed by atoms with E-state index in [1.165, 1.54) is 18.4 Å². The van der Waals surface area contributed by atoms with Gasteiger partial charge in [0, 0.05) is 5.38 Å². The molecule has 14 heavy (non-hydrogen) atoms. The molecule has 0 bridgehead atoms. The lowest BCUT2D eigenvalue weighted by atomic mass is 10.2. The molecule has 0 aliphatic heterocycles. The van der Waals surface area contributed by atoms with Crippen LogP contribution in [0.3, 0.4) is 0 Å². The average molecular weight is 214 g/mol. The summed E-state index contributed by atoms with van der Waals surface area (Å²) >= 11 is 1.40. The minimum absolute atomic E-state index is 0.0663. The third-order valence-corrected chi connectivity index (χ3v) is 2.81. The Labute approximate surface area is 87.1 Å². The molecule has 0 saturated heterocycles. The predicted octanol–water partition coefficient (Wildman–Crippen LogP) is 1.73. The van der Waals surface area contributed by atoms with Crippen LogP contribution in [-0.4, -0.2) is 18.1 Å². The number of hydrogen-bond acceptors (Lipinski definition) is 5. The van der Waals surface area contributed by atoms with E-state index in [1.807, 2.05) is 0 Å². The molecule has 1 atom stereocenters. The number of rotatable bonds is 4. The molecule has 2 N–H and O–H groups in total. The Balaban J connectivity index is 2.72. The Morgan fingerprint density at radius 3 is 3.07 bits per heavy atom. The Hall–Kier alpha value is -0.940. The molecule has 5 heteroatoms. The van der Waals surface area contributed by atoms with Crippen molar-refractivity contribution in [2.24, 2.45) is 5.73 Å². The molecule has 0 fully saturated rings. The van der Waals surface area contributed by atoms with Crippen LogP contribution >= 0.6 is 11.3 Å². The number of thiazole rings is 1. The van der Waals surface area contributed by atoms with Crippen molar-refractivity contribution in [1.29, 1.82) is 0 Å². The highest BCUT2D eigenvalue weighted by molar-refractivity contribution is 7.09. The van der Waals surface area contributed by atoms with E-state index in [-0.39, 0.29) is 6.04 Å². The second-order valence-corrected chi connectivity index (χ2v) is 3.85. The van der Waals surface area contributed by atoms with Crippen LogP contribution in [0.15, 0.2) is 5.38 Å². The first-order chi connectivity index (χ1) is 6.69. The van der Waals surface area contributed by atoms with Gasteiger partial charge in [-0.2, -0.15) is 0 Å². The monoisotopic (exact) mass is 214 g/mol. The van der Waals surface area contributed by atoms with Crippen LogP contribution in [0.5, 0.6) is 0 Å². The fourth-order valence-electron chi connectivity index (χ4n) is 1.09. The van der Waals surface area contributed by atoms with Gasteiger partial charge in [-0.3, -0.25) is 0 Å². The third kappa shape index (κ3) is 2.52. The highest BCUT2D eigenvalue weighted by Crippen LogP contribution is 2.20. The van der Waals surface area contributed by atoms with Crippen LogP contribution in [0.25, 0.3) is 0 Å². The fraction of sp³-hybridized carbons (Fsp3) is 0.556. The molecule has 0 saturated carbocycles. The Morgan fingerprint density at radius 2 is 2.50 bits per heavy atom. The number of nitrogens with two attached hydrogens (primary N) is 1. The molecule has 1 heterocycles. The van der Waals surface area contributed by atoms with Gasteiger partial charge in [0.2, 0.25) is 0 Å². The maximum atomic E-state index is 11.1. The fourth-order valence-corrected chi connectivity index (χ4v) is 1.92. The van der Waals surface area contributed by atoms with Gasteiger partial charge in [0.1, 0.15) is 5.01 Å². The standard InChI is InChI=1S/C9H14N2O2S/c1-3-4-6(10)8-11-7(5-14-8)9(12)13-2/h5-6H,3-4,10H2,1-2H3. The maximum Gasteiger partial charge on any atom is 0.357 e. The van der Waals surface area contributed by atoms with Gasteiger partial charge in [-0.15, -0.1) is 11.3 Å². The first kappa shape index (κ1) is 11.1. The SMILES string of the molecule is CCCC(N)c1nc(C(=O)OC)cs1. The van der Waals surface area contributed by atoms with Gasteiger partial charge in [0.25, 0.3) is 0 Å². The van der Waals surface area contributed by atoms with Crippen LogP contribution in [-0.2, 0) is 4.74 Å². The number of nitrogens with zero attached hydrogens (tertiary/aromatic N) is 1. The molecular weight excluding hydrogens is 200 g/mol. The molecule has 78 valence electrons. The topological polar surface area (TPSA) is 65.2 Å². The molecule has 1 rings (SSSR count). The minimum atomic E-state index is -0.406. The normalized spacial score (nSPS) is 12.5. The van der Waals surface area contributed by atoms with E-state index in [1.54, 1.807) is 5.38 Å². The Morgan fingerprint density at radius 1 is 1.79 bits per heavy atom. The highest BCUT2D eigenvalue weighted by Gasteiger charge is 2.14. The average Bonchev–Trinajstić information content (AvgIpc) is 2.66. The lowest BCUT2D eigenvalue weighted by molar-refractivity contribution is 0.0594. The molecule has 0 radical (unpaired) electrons. The number of aromatic nitrogens is 1. The summed E-state index contributed by atoms with van der Waals surface area (Å²) in [7, 11) is 1.34. The molecular formula is C9H14N2O2S. The Bertz CT molecular complexity index is 312. The van der Waals surface area contributed by atoms with Crippen LogP contribution < -0.4 is 5.73 Å². The number of methoxy groups -OCH3 is 1. The van der Waals surface area contributed by atoms with E-state index in [9.17, 15) is 4.79 Å². The van der Waals surface area contributed by atoms with E-state index < -0.39 is 5.97 Å². The lowest BCUT2D eigenvalue weighted by Gasteiger charge is -2.04. The number of ether oxygens (including phenoxy) is 1. The molecule has 0 spiro atoms. The van der Waals surface area contributed by atoms with E-state index >= 15 is 0 Å². The van der Waals surface area contributed by atoms with Crippen molar-refractivity contribution >= 4 is 17.3 Å². The summed E-state index contributed by atoms with van der Waals surface area (Å²) in [5.74, 6) is -0.406. The zero-order valence-electron chi connectivity index (χ0n) is 8.32. The number of carbonyl (C=O) groups excluding carboxylic acids is 1. The summed E-state index contributed by atoms with van der Waals surface area (Å²) in [6, 6.07) is -0.0663. The molecule has 1 aromatic rings. The van der Waals surface area contributed by atoms with Gasteiger partial charge >= 0.3 is 5.97 Å². The summed E-state index contributed by atoms with van der Waals surface area (Å²) < 4.78 is 4.55. The molecule has 0 aliphatic carbocycles. The molecule has 4 nitrogen and oxygen atoms in total. The zero-order valence-corrected chi connectivity index (χ0v) is 9.13. The highest BCUT2D eigenvalue weighted by atomic mass is 32.1. The minimum Gasteiger partial charge on any atom is -0.464 e. The summed E-state index contributed by atoms with van der Waals surface area (Å²) in [5, 5.41) is 2.48. The van der Waals surface area contributed by atoms with Crippen molar-refractivity contribution < 1.29 is 9.53 Å². The smallest absolute Gasteiger partial charge is 0.357 e. The van der Waals surface area contributed by atoms with Gasteiger partial charge in [0.15, 0.2) is 5.69 Å². The quantitative estimate of drug-likeness (QED) is 0.775. The van der Waals surface area contributed by atoms with Crippen molar-refractivity contribution in [2.75, 3.05) is 7.11 Å². The number of carbonyl (C=O) groups is 1. The van der Waals surface area contributed by atoms with Crippen molar-refractivity contribution in [3.8, 4) is 0 Å². The van der Waals surface area contributed by atoms with E-state index in [0.29, 0.717) is 5.69 Å². The summed E-state index contributed by atoms with van der Waals surface area (Å²) in [6.07, 6.45) is 1.89. The Kier molecular flexibility index (Phi) is 4.03. The number of esters is 1. The van der Waals surface area contributed by atoms with Crippen molar-refractivity contribution in [2.45, 2.75) is 25.8 Å². The van der Waals surface area contributed by atoms with Crippen LogP contribution in [0.2, 0.25) is 0 Å². The van der Waals surface area contributed by atoms with Crippen molar-refractivity contribution in [1.82, 2.24) is 4.98 Å². The van der Waals surface area contributed by atoms with Crippen LogP contribution in [0, 0.1) is 0 Å². The lowest BCUT2D eigenvalue weighted by Crippen LogP contribution is -2.10. The zero-order chi connectivity index (χ0) is 10.6. The van der Waals surface area contributed by atoms with Crippen LogP contribution in [0.4, 0.5) is 0 Å². The maximum absolute atomic E-state index is 11.1. The third-order valence-electron chi connectivity index (χ3n) is 1.83. The molecule has 1 aromatic heterocycles. The van der Waals surface area contributed by atoms with Gasteiger partial charge in [-0.25, -0.2) is 9.78 Å². The van der Waals surface area contributed by atoms with Gasteiger partial charge in [-0.1, -0.05) is 13.3 Å². The summed E-state index contributed by atoms with van der Waals surface area (Å²) in [6.45, 7) is 2.06. The first-order valence-electron chi connectivity index (χ1n) is 4.48. The summed E-state index contributed by atoms with van der Waals surface area (Å²) in [5.41, 5.74) is 6.20. The van der Waals surface area contributed by atoms with Crippen molar-refractivity contribution in [3.05, 3.63) is 16.1 Å². The van der Waals surface area contributed by atoms with Crippen molar-refractivity contribution in [3.63, 3.8) is 0 Å². The van der Waals surface area contributed by atoms with E-state index in [4.69, 9.17) is 5.73 Å². The summed E-state index contributed by atoms with van der Waals surface area (Å²) in [4.78, 5) is 15.2. The van der Waals surface area contributed by atoms with E-state index in [2.05, 4.69) is 16.6 Å². The largest absolute Gasteiger partial charge is 0.464 e. The van der Waals surface area contributed by atoms with Gasteiger partial charge in [-0.05, 0) is 6.42 Å². The molecule has 0 aromatic carbocycles. The van der Waals surface area contributed by atoms with Crippen LogP contribution in [0.1, 0.15) is 41.3 Å². The van der Waals surface area contributed by atoms with Gasteiger partial charge in [0.05, 0.1) is 13.2 Å². The second-order valence-electron chi connectivity index (χ2n) is 2.96. The number of hydrogen-bond donors (Lipinski definition) is 1. The second kappa shape index (κ2) is 5.07. The van der Waals surface area contributed by atoms with E-state index in [0.717, 1.165) is 17.8 Å².